The lowest BCUT2D eigenvalue weighted by molar-refractivity contribution is 0.0183. The van der Waals surface area contributed by atoms with Crippen LogP contribution < -0.4 is 0 Å². The van der Waals surface area contributed by atoms with Crippen molar-refractivity contribution in [3.63, 3.8) is 0 Å². The Morgan fingerprint density at radius 3 is 2.26 bits per heavy atom. The fraction of sp³-hybridized carbons (Fsp3) is 0.556. The maximum Gasteiger partial charge on any atom is 0.410 e. The average Bonchev–Trinajstić information content (AvgIpc) is 2.46. The van der Waals surface area contributed by atoms with E-state index in [1.165, 1.54) is 0 Å². The van der Waals surface area contributed by atoms with E-state index in [1.54, 1.807) is 29.2 Å². The minimum Gasteiger partial charge on any atom is -0.444 e. The molecule has 0 saturated carbocycles. The molecule has 4 nitrogen and oxygen atoms in total. The molecule has 5 heteroatoms. The van der Waals surface area contributed by atoms with Crippen LogP contribution in [0.2, 0.25) is 5.02 Å². The minimum atomic E-state index is -0.474. The molecule has 2 rings (SSSR count). The van der Waals surface area contributed by atoms with Gasteiger partial charge in [0, 0.05) is 30.1 Å². The third-order valence-corrected chi connectivity index (χ3v) is 4.16. The number of hydrogen-bond donors (Lipinski definition) is 0. The second kappa shape index (κ2) is 7.35. The van der Waals surface area contributed by atoms with E-state index in [2.05, 4.69) is 0 Å². The molecule has 1 aromatic carbocycles. The van der Waals surface area contributed by atoms with Gasteiger partial charge < -0.3 is 9.64 Å². The van der Waals surface area contributed by atoms with E-state index in [0.29, 0.717) is 36.0 Å². The van der Waals surface area contributed by atoms with Crippen molar-refractivity contribution in [1.29, 1.82) is 0 Å². The molecule has 0 spiro atoms. The molecular formula is C18H24ClNO3. The first-order valence-electron chi connectivity index (χ1n) is 8.01. The molecule has 1 heterocycles. The number of amides is 1. The molecule has 0 unspecified atom stereocenters. The summed E-state index contributed by atoms with van der Waals surface area (Å²) in [6.07, 6.45) is 1.92. The molecule has 0 aliphatic carbocycles. The van der Waals surface area contributed by atoms with Crippen molar-refractivity contribution in [3.05, 3.63) is 34.9 Å². The molecule has 0 bridgehead atoms. The smallest absolute Gasteiger partial charge is 0.410 e. The monoisotopic (exact) mass is 337 g/mol. The highest BCUT2D eigenvalue weighted by Crippen LogP contribution is 2.24. The third kappa shape index (κ3) is 5.54. The van der Waals surface area contributed by atoms with Crippen LogP contribution in [-0.2, 0) is 4.74 Å². The average molecular weight is 338 g/mol. The van der Waals surface area contributed by atoms with Gasteiger partial charge in [0.05, 0.1) is 0 Å². The number of ketones is 1. The van der Waals surface area contributed by atoms with Crippen LogP contribution in [-0.4, -0.2) is 35.5 Å². The van der Waals surface area contributed by atoms with Crippen molar-refractivity contribution in [2.75, 3.05) is 13.1 Å². The van der Waals surface area contributed by atoms with Crippen LogP contribution in [0.4, 0.5) is 4.79 Å². The van der Waals surface area contributed by atoms with Gasteiger partial charge in [-0.2, -0.15) is 0 Å². The fourth-order valence-corrected chi connectivity index (χ4v) is 2.79. The van der Waals surface area contributed by atoms with Gasteiger partial charge in [-0.3, -0.25) is 4.79 Å². The van der Waals surface area contributed by atoms with Gasteiger partial charge >= 0.3 is 6.09 Å². The van der Waals surface area contributed by atoms with E-state index < -0.39 is 5.60 Å². The number of piperidine rings is 1. The summed E-state index contributed by atoms with van der Waals surface area (Å²) >= 11 is 5.84. The van der Waals surface area contributed by atoms with Crippen LogP contribution >= 0.6 is 11.6 Å². The molecular weight excluding hydrogens is 314 g/mol. The Hall–Kier alpha value is -1.55. The largest absolute Gasteiger partial charge is 0.444 e. The molecule has 0 atom stereocenters. The summed E-state index contributed by atoms with van der Waals surface area (Å²) in [6.45, 7) is 6.88. The zero-order valence-electron chi connectivity index (χ0n) is 14.0. The summed E-state index contributed by atoms with van der Waals surface area (Å²) < 4.78 is 5.38. The van der Waals surface area contributed by atoms with Gasteiger partial charge in [-0.05, 0) is 63.8 Å². The highest BCUT2D eigenvalue weighted by molar-refractivity contribution is 6.30. The Morgan fingerprint density at radius 2 is 1.74 bits per heavy atom. The minimum absolute atomic E-state index is 0.136. The zero-order valence-corrected chi connectivity index (χ0v) is 14.7. The Kier molecular flexibility index (Phi) is 5.69. The number of nitrogens with zero attached hydrogens (tertiary/aromatic N) is 1. The number of likely N-dealkylation sites (tertiary alicyclic amines) is 1. The van der Waals surface area contributed by atoms with Gasteiger partial charge in [-0.1, -0.05) is 11.6 Å². The molecule has 126 valence electrons. The summed E-state index contributed by atoms with van der Waals surface area (Å²) in [4.78, 5) is 26.0. The van der Waals surface area contributed by atoms with E-state index in [1.807, 2.05) is 20.8 Å². The second-order valence-corrected chi connectivity index (χ2v) is 7.48. The molecule has 0 radical (unpaired) electrons. The third-order valence-electron chi connectivity index (χ3n) is 3.91. The van der Waals surface area contributed by atoms with Crippen LogP contribution in [0.25, 0.3) is 0 Å². The van der Waals surface area contributed by atoms with Crippen molar-refractivity contribution in [1.82, 2.24) is 4.90 Å². The molecule has 1 amide bonds. The molecule has 1 aromatic rings. The highest BCUT2D eigenvalue weighted by atomic mass is 35.5. The van der Waals surface area contributed by atoms with E-state index in [0.717, 1.165) is 12.8 Å². The Bertz CT molecular complexity index is 555. The predicted molar refractivity (Wildman–Crippen MR) is 90.9 cm³/mol. The first-order valence-corrected chi connectivity index (χ1v) is 8.39. The van der Waals surface area contributed by atoms with Crippen molar-refractivity contribution >= 4 is 23.5 Å². The summed E-state index contributed by atoms with van der Waals surface area (Å²) in [6, 6.07) is 7.00. The SMILES string of the molecule is CC(C)(C)OC(=O)N1CCC(CC(=O)c2ccc(Cl)cc2)CC1. The Morgan fingerprint density at radius 1 is 1.17 bits per heavy atom. The van der Waals surface area contributed by atoms with Crippen molar-refractivity contribution in [2.24, 2.45) is 5.92 Å². The fourth-order valence-electron chi connectivity index (χ4n) is 2.66. The molecule has 1 saturated heterocycles. The van der Waals surface area contributed by atoms with E-state index >= 15 is 0 Å². The van der Waals surface area contributed by atoms with E-state index in [4.69, 9.17) is 16.3 Å². The highest BCUT2D eigenvalue weighted by Gasteiger charge is 2.27. The first-order chi connectivity index (χ1) is 10.7. The normalized spacial score (nSPS) is 16.3. The lowest BCUT2D eigenvalue weighted by atomic mass is 9.90. The molecule has 1 aliphatic rings. The van der Waals surface area contributed by atoms with Crippen molar-refractivity contribution in [3.8, 4) is 0 Å². The van der Waals surface area contributed by atoms with Crippen molar-refractivity contribution in [2.45, 2.75) is 45.6 Å². The van der Waals surface area contributed by atoms with Gasteiger partial charge in [0.2, 0.25) is 0 Å². The number of hydrogen-bond acceptors (Lipinski definition) is 3. The van der Waals surface area contributed by atoms with Crippen LogP contribution in [0.5, 0.6) is 0 Å². The predicted octanol–water partition coefficient (Wildman–Crippen LogP) is 4.56. The lowest BCUT2D eigenvalue weighted by Gasteiger charge is -2.33. The van der Waals surface area contributed by atoms with Crippen LogP contribution in [0.3, 0.4) is 0 Å². The van der Waals surface area contributed by atoms with Crippen molar-refractivity contribution < 1.29 is 14.3 Å². The van der Waals surface area contributed by atoms with Gasteiger partial charge in [-0.15, -0.1) is 0 Å². The maximum atomic E-state index is 12.3. The molecule has 23 heavy (non-hydrogen) atoms. The Labute approximate surface area is 142 Å². The lowest BCUT2D eigenvalue weighted by Crippen LogP contribution is -2.42. The number of rotatable bonds is 3. The van der Waals surface area contributed by atoms with Crippen LogP contribution in [0.15, 0.2) is 24.3 Å². The van der Waals surface area contributed by atoms with Crippen LogP contribution in [0.1, 0.15) is 50.4 Å². The number of carbonyl (C=O) groups is 2. The number of carbonyl (C=O) groups excluding carboxylic acids is 2. The van der Waals surface area contributed by atoms with Gasteiger partial charge in [-0.25, -0.2) is 4.79 Å². The van der Waals surface area contributed by atoms with Gasteiger partial charge in [0.15, 0.2) is 5.78 Å². The zero-order chi connectivity index (χ0) is 17.0. The second-order valence-electron chi connectivity index (χ2n) is 7.04. The number of benzene rings is 1. The van der Waals surface area contributed by atoms with E-state index in [-0.39, 0.29) is 11.9 Å². The topological polar surface area (TPSA) is 46.6 Å². The molecule has 1 aliphatic heterocycles. The summed E-state index contributed by atoms with van der Waals surface area (Å²) in [5.41, 5.74) is 0.224. The summed E-state index contributed by atoms with van der Waals surface area (Å²) in [5.74, 6) is 0.453. The molecule has 0 N–H and O–H groups in total. The molecule has 0 aromatic heterocycles. The number of Topliss-reactive ketones (excluding diaryl/α,β-unsaturated/α-hetero) is 1. The number of halogens is 1. The summed E-state index contributed by atoms with van der Waals surface area (Å²) in [5, 5.41) is 0.632. The quantitative estimate of drug-likeness (QED) is 0.759. The van der Waals surface area contributed by atoms with Crippen LogP contribution in [0, 0.1) is 5.92 Å². The van der Waals surface area contributed by atoms with Gasteiger partial charge in [0.25, 0.3) is 0 Å². The summed E-state index contributed by atoms with van der Waals surface area (Å²) in [7, 11) is 0. The first kappa shape index (κ1) is 17.8. The van der Waals surface area contributed by atoms with Gasteiger partial charge in [0.1, 0.15) is 5.60 Å². The number of ether oxygens (including phenoxy) is 1. The molecule has 1 fully saturated rings. The maximum absolute atomic E-state index is 12.3. The van der Waals surface area contributed by atoms with E-state index in [9.17, 15) is 9.59 Å². The Balaban J connectivity index is 1.81. The standard InChI is InChI=1S/C18H24ClNO3/c1-18(2,3)23-17(22)20-10-8-13(9-11-20)12-16(21)14-4-6-15(19)7-5-14/h4-7,13H,8-12H2,1-3H3.